The quantitative estimate of drug-likeness (QED) is 0.798. The minimum absolute atomic E-state index is 0.113. The van der Waals surface area contributed by atoms with E-state index in [9.17, 15) is 27.6 Å². The van der Waals surface area contributed by atoms with Gasteiger partial charge in [-0.05, 0) is 42.8 Å². The number of carbonyl (C=O) groups excluding carboxylic acids is 2. The van der Waals surface area contributed by atoms with Gasteiger partial charge in [-0.2, -0.15) is 13.2 Å². The molecule has 2 aromatic rings. The molecule has 0 aliphatic rings. The Kier molecular flexibility index (Phi) is 6.35. The first-order valence-electron chi connectivity index (χ1n) is 8.38. The van der Waals surface area contributed by atoms with Gasteiger partial charge in [0.25, 0.3) is 5.91 Å². The van der Waals surface area contributed by atoms with Crippen LogP contribution in [0.25, 0.3) is 10.8 Å². The number of fused-ring (bicyclic) bond motifs is 1. The average molecular weight is 413 g/mol. The maximum Gasteiger partial charge on any atom is 0.420 e. The summed E-state index contributed by atoms with van der Waals surface area (Å²) in [5.41, 5.74) is -1.36. The fourth-order valence-corrected chi connectivity index (χ4v) is 2.75. The fraction of sp³-hybridized carbons (Fsp3) is 0.316. The topological polar surface area (TPSA) is 93.1 Å². The Balaban J connectivity index is 2.66. The number of aliphatic carboxylic acids is 1. The number of imide groups is 1. The third-order valence-corrected chi connectivity index (χ3v) is 3.85. The van der Waals surface area contributed by atoms with Crippen molar-refractivity contribution in [2.24, 2.45) is 0 Å². The summed E-state index contributed by atoms with van der Waals surface area (Å²) in [5, 5.41) is 8.59. The molecule has 0 aromatic heterocycles. The Bertz CT molecular complexity index is 955. The molecular weight excluding hydrogens is 395 g/mol. The van der Waals surface area contributed by atoms with Crippen LogP contribution in [0.15, 0.2) is 30.3 Å². The van der Waals surface area contributed by atoms with E-state index in [4.69, 9.17) is 14.6 Å². The molecule has 0 saturated carbocycles. The van der Waals surface area contributed by atoms with Gasteiger partial charge in [-0.15, -0.1) is 0 Å². The van der Waals surface area contributed by atoms with Crippen molar-refractivity contribution in [3.05, 3.63) is 41.5 Å². The zero-order chi connectivity index (χ0) is 21.9. The first-order chi connectivity index (χ1) is 13.5. The number of ether oxygens (including phenoxy) is 2. The molecule has 0 unspecified atom stereocenters. The Morgan fingerprint density at radius 1 is 1.10 bits per heavy atom. The Labute approximate surface area is 163 Å². The molecule has 0 aliphatic carbocycles. The number of methoxy groups -OCH3 is 1. The van der Waals surface area contributed by atoms with Crippen LogP contribution in [0.3, 0.4) is 0 Å². The first-order valence-corrected chi connectivity index (χ1v) is 8.38. The lowest BCUT2D eigenvalue weighted by Crippen LogP contribution is -2.41. The van der Waals surface area contributed by atoms with Crippen LogP contribution in [-0.4, -0.2) is 47.7 Å². The highest BCUT2D eigenvalue weighted by Crippen LogP contribution is 2.41. The number of hydrogen-bond acceptors (Lipinski definition) is 5. The van der Waals surface area contributed by atoms with Crippen molar-refractivity contribution in [1.29, 1.82) is 0 Å². The molecule has 2 rings (SSSR count). The molecule has 0 atom stereocenters. The Hall–Kier alpha value is -3.30. The minimum Gasteiger partial charge on any atom is -0.496 e. The lowest BCUT2D eigenvalue weighted by molar-refractivity contribution is -0.138. The second kappa shape index (κ2) is 8.38. The Morgan fingerprint density at radius 3 is 2.28 bits per heavy atom. The van der Waals surface area contributed by atoms with Crippen molar-refractivity contribution in [3.8, 4) is 5.75 Å². The molecule has 0 radical (unpaired) electrons. The van der Waals surface area contributed by atoms with Crippen molar-refractivity contribution < 1.29 is 42.1 Å². The van der Waals surface area contributed by atoms with Crippen LogP contribution in [0.5, 0.6) is 5.75 Å². The first kappa shape index (κ1) is 22.0. The average Bonchev–Trinajstić information content (AvgIpc) is 2.62. The highest BCUT2D eigenvalue weighted by atomic mass is 19.4. The highest BCUT2D eigenvalue weighted by Gasteiger charge is 2.37. The van der Waals surface area contributed by atoms with Gasteiger partial charge in [0, 0.05) is 5.56 Å². The smallest absolute Gasteiger partial charge is 0.420 e. The number of carbonyl (C=O) groups is 3. The van der Waals surface area contributed by atoms with Crippen LogP contribution >= 0.6 is 0 Å². The van der Waals surface area contributed by atoms with Gasteiger partial charge in [0.1, 0.15) is 17.9 Å². The summed E-state index contributed by atoms with van der Waals surface area (Å²) < 4.78 is 50.4. The minimum atomic E-state index is -4.77. The molecule has 7 nitrogen and oxygen atoms in total. The summed E-state index contributed by atoms with van der Waals surface area (Å²) in [6.45, 7) is 1.99. The summed E-state index contributed by atoms with van der Waals surface area (Å²) in [6, 6.07) is 5.86. The van der Waals surface area contributed by atoms with Crippen LogP contribution in [0.4, 0.5) is 18.0 Å². The van der Waals surface area contributed by atoms with Crippen molar-refractivity contribution in [2.45, 2.75) is 26.1 Å². The van der Waals surface area contributed by atoms with Gasteiger partial charge in [-0.1, -0.05) is 12.1 Å². The van der Waals surface area contributed by atoms with Crippen LogP contribution < -0.4 is 4.74 Å². The van der Waals surface area contributed by atoms with Gasteiger partial charge in [-0.25, -0.2) is 9.69 Å². The molecule has 29 heavy (non-hydrogen) atoms. The van der Waals surface area contributed by atoms with E-state index in [1.165, 1.54) is 32.0 Å². The van der Waals surface area contributed by atoms with E-state index >= 15 is 0 Å². The van der Waals surface area contributed by atoms with Crippen LogP contribution in [0.2, 0.25) is 0 Å². The monoisotopic (exact) mass is 413 g/mol. The lowest BCUT2D eigenvalue weighted by atomic mass is 9.98. The SMILES string of the molecule is COc1ccc2c(C(=O)N(CC(=O)O)C(=O)OC(C)C)cccc2c1C(F)(F)F. The number of carboxylic acid groups (broad SMARTS) is 1. The fourth-order valence-electron chi connectivity index (χ4n) is 2.75. The molecular formula is C19H18F3NO6. The molecule has 2 aromatic carbocycles. The second-order valence-electron chi connectivity index (χ2n) is 6.26. The zero-order valence-electron chi connectivity index (χ0n) is 15.7. The summed E-state index contributed by atoms with van der Waals surface area (Å²) in [7, 11) is 1.09. The Morgan fingerprint density at radius 2 is 1.76 bits per heavy atom. The van der Waals surface area contributed by atoms with Gasteiger partial charge < -0.3 is 14.6 Å². The number of nitrogens with zero attached hydrogens (tertiary/aromatic N) is 1. The molecule has 0 heterocycles. The number of halogens is 3. The van der Waals surface area contributed by atoms with Crippen molar-refractivity contribution in [3.63, 3.8) is 0 Å². The largest absolute Gasteiger partial charge is 0.496 e. The number of amides is 2. The molecule has 10 heteroatoms. The van der Waals surface area contributed by atoms with Gasteiger partial charge >= 0.3 is 18.2 Å². The second-order valence-corrected chi connectivity index (χ2v) is 6.26. The number of rotatable bonds is 5. The zero-order valence-corrected chi connectivity index (χ0v) is 15.7. The van der Waals surface area contributed by atoms with E-state index in [2.05, 4.69) is 0 Å². The number of hydrogen-bond donors (Lipinski definition) is 1. The standard InChI is InChI=1S/C19H18F3NO6/c1-10(2)29-18(27)23(9-15(24)25)17(26)13-6-4-5-12-11(13)7-8-14(28-3)16(12)19(20,21)22/h4-8,10H,9H2,1-3H3,(H,24,25). The number of carboxylic acids is 1. The van der Waals surface area contributed by atoms with Crippen LogP contribution in [0, 0.1) is 0 Å². The van der Waals surface area contributed by atoms with Gasteiger partial charge in [0.05, 0.1) is 13.2 Å². The maximum atomic E-state index is 13.6. The molecule has 0 bridgehead atoms. The van der Waals surface area contributed by atoms with E-state index in [1.807, 2.05) is 0 Å². The van der Waals surface area contributed by atoms with E-state index in [-0.39, 0.29) is 16.3 Å². The number of benzene rings is 2. The van der Waals surface area contributed by atoms with Gasteiger partial charge in [0.15, 0.2) is 0 Å². The van der Waals surface area contributed by atoms with Crippen molar-refractivity contribution in [1.82, 2.24) is 4.90 Å². The molecule has 1 N–H and O–H groups in total. The molecule has 156 valence electrons. The highest BCUT2D eigenvalue weighted by molar-refractivity contribution is 6.13. The molecule has 2 amide bonds. The van der Waals surface area contributed by atoms with E-state index in [1.54, 1.807) is 0 Å². The van der Waals surface area contributed by atoms with Crippen molar-refractivity contribution >= 4 is 28.7 Å². The lowest BCUT2D eigenvalue weighted by Gasteiger charge is -2.21. The normalized spacial score (nSPS) is 11.4. The van der Waals surface area contributed by atoms with E-state index < -0.39 is 48.1 Å². The van der Waals surface area contributed by atoms with E-state index in [0.717, 1.165) is 19.2 Å². The molecule has 0 saturated heterocycles. The molecule has 0 aliphatic heterocycles. The van der Waals surface area contributed by atoms with E-state index in [0.29, 0.717) is 4.90 Å². The number of alkyl halides is 3. The third-order valence-electron chi connectivity index (χ3n) is 3.85. The summed E-state index contributed by atoms with van der Waals surface area (Å²) in [5.74, 6) is -3.02. The maximum absolute atomic E-state index is 13.6. The predicted molar refractivity (Wildman–Crippen MR) is 95.8 cm³/mol. The van der Waals surface area contributed by atoms with Gasteiger partial charge in [0.2, 0.25) is 0 Å². The summed E-state index contributed by atoms with van der Waals surface area (Å²) in [4.78, 5) is 36.5. The summed E-state index contributed by atoms with van der Waals surface area (Å²) >= 11 is 0. The van der Waals surface area contributed by atoms with Crippen molar-refractivity contribution in [2.75, 3.05) is 13.7 Å². The van der Waals surface area contributed by atoms with Crippen LogP contribution in [-0.2, 0) is 15.7 Å². The third kappa shape index (κ3) is 4.76. The van der Waals surface area contributed by atoms with Crippen LogP contribution in [0.1, 0.15) is 29.8 Å². The molecule has 0 fully saturated rings. The molecule has 0 spiro atoms. The summed E-state index contributed by atoms with van der Waals surface area (Å²) in [6.07, 6.45) is -6.63. The predicted octanol–water partition coefficient (Wildman–Crippen LogP) is 3.94. The van der Waals surface area contributed by atoms with Gasteiger partial charge in [-0.3, -0.25) is 9.59 Å².